The standard InChI is InChI=1S/C47H53N5O8S2/c1-28(2)62(58,59)50-20-16-31(17-21-50)52-27-37(29-8-6-9-30(24-29)46(48)61)34-14-12-32(25-39(34)52)51-22-18-38(47(51)57)49-19-4-3-5-23-60-41-11-7-10-36-42(41)45(56)43(44(36)55)35-15-13-33(53)26-40(35)54/h6-12,14,24-25,27-28,31,35,38,43,49H,3-5,13,15-23,26H2,1-2H3,(H2,48,61). The molecule has 2 aliphatic carbocycles. The second kappa shape index (κ2) is 17.9. The molecule has 3 aromatic carbocycles. The monoisotopic (exact) mass is 879 g/mol. The maximum Gasteiger partial charge on any atom is 0.244 e. The number of aromatic nitrogens is 1. The van der Waals surface area contributed by atoms with Gasteiger partial charge in [-0.2, -0.15) is 0 Å². The Labute approximate surface area is 367 Å². The number of hydrogen-bond donors (Lipinski definition) is 2. The van der Waals surface area contributed by atoms with E-state index >= 15 is 0 Å². The smallest absolute Gasteiger partial charge is 0.244 e. The van der Waals surface area contributed by atoms with E-state index in [1.807, 2.05) is 35.2 Å². The van der Waals surface area contributed by atoms with Crippen LogP contribution in [-0.4, -0.2) is 95.4 Å². The summed E-state index contributed by atoms with van der Waals surface area (Å²) in [6, 6.07) is 18.7. The van der Waals surface area contributed by atoms with Crippen LogP contribution in [0.4, 0.5) is 5.69 Å². The van der Waals surface area contributed by atoms with Crippen LogP contribution in [0, 0.1) is 11.8 Å². The topological polar surface area (TPSA) is 178 Å². The fraction of sp³-hybridized carbons (Fsp3) is 0.447. The Morgan fingerprint density at radius 3 is 2.40 bits per heavy atom. The van der Waals surface area contributed by atoms with E-state index < -0.39 is 32.9 Å². The number of Topliss-reactive ketones (excluding diaryl/α,β-unsaturated/α-hetero) is 4. The molecule has 2 aliphatic heterocycles. The van der Waals surface area contributed by atoms with E-state index in [9.17, 15) is 32.4 Å². The van der Waals surface area contributed by atoms with Gasteiger partial charge in [0.25, 0.3) is 0 Å². The van der Waals surface area contributed by atoms with Crippen molar-refractivity contribution in [3.8, 4) is 16.9 Å². The highest BCUT2D eigenvalue weighted by Crippen LogP contribution is 2.41. The van der Waals surface area contributed by atoms with E-state index in [-0.39, 0.29) is 65.7 Å². The van der Waals surface area contributed by atoms with Crippen molar-refractivity contribution in [2.75, 3.05) is 37.7 Å². The number of nitrogens with two attached hydrogens (primary N) is 1. The van der Waals surface area contributed by atoms with Crippen LogP contribution in [0.3, 0.4) is 0 Å². The third-order valence-corrected chi connectivity index (χ3v) is 15.6. The van der Waals surface area contributed by atoms with Gasteiger partial charge in [0, 0.05) is 72.0 Å². The Morgan fingerprint density at radius 2 is 1.66 bits per heavy atom. The number of nitrogens with one attached hydrogen (secondary N) is 1. The molecule has 0 spiro atoms. The molecule has 1 amide bonds. The number of amides is 1. The van der Waals surface area contributed by atoms with E-state index in [1.165, 1.54) is 0 Å². The zero-order valence-corrected chi connectivity index (χ0v) is 36.8. The molecule has 13 nitrogen and oxygen atoms in total. The van der Waals surface area contributed by atoms with Crippen molar-refractivity contribution in [1.82, 2.24) is 14.2 Å². The lowest BCUT2D eigenvalue weighted by atomic mass is 9.76. The average Bonchev–Trinajstić information content (AvgIpc) is 3.91. The minimum Gasteiger partial charge on any atom is -0.493 e. The number of unbranched alkanes of at least 4 members (excludes halogenated alkanes) is 2. The number of benzene rings is 3. The number of rotatable bonds is 15. The van der Waals surface area contributed by atoms with Gasteiger partial charge in [-0.25, -0.2) is 12.7 Å². The maximum atomic E-state index is 13.8. The fourth-order valence-corrected chi connectivity index (χ4v) is 11.0. The molecule has 1 saturated carbocycles. The van der Waals surface area contributed by atoms with Gasteiger partial charge in [0.05, 0.1) is 41.3 Å². The summed E-state index contributed by atoms with van der Waals surface area (Å²) in [6.45, 7) is 5.86. The number of nitrogens with zero attached hydrogens (tertiary/aromatic N) is 3. The van der Waals surface area contributed by atoms with Crippen molar-refractivity contribution in [1.29, 1.82) is 0 Å². The SMILES string of the molecule is CC(C)S(=O)(=O)N1CCC(n2cc(-c3cccc(C(N)=S)c3)c3ccc(N4CCC(NCCCCCOc5cccc6c5C(=O)C(C5CCC(=O)CC5=O)C6=O)C4=O)cc32)CC1. The maximum absolute atomic E-state index is 13.8. The highest BCUT2D eigenvalue weighted by Gasteiger charge is 2.48. The Balaban J connectivity index is 0.880. The number of anilines is 1. The molecule has 3 fully saturated rings. The first-order valence-corrected chi connectivity index (χ1v) is 23.6. The summed E-state index contributed by atoms with van der Waals surface area (Å²) >= 11 is 5.28. The molecule has 4 aromatic rings. The number of ether oxygens (including phenoxy) is 1. The first kappa shape index (κ1) is 43.6. The summed E-state index contributed by atoms with van der Waals surface area (Å²) in [5, 5.41) is 3.99. The van der Waals surface area contributed by atoms with Crippen molar-refractivity contribution < 1.29 is 37.1 Å². The highest BCUT2D eigenvalue weighted by molar-refractivity contribution is 7.89. The molecule has 326 valence electrons. The van der Waals surface area contributed by atoms with Gasteiger partial charge >= 0.3 is 0 Å². The predicted molar refractivity (Wildman–Crippen MR) is 241 cm³/mol. The van der Waals surface area contributed by atoms with E-state index in [0.717, 1.165) is 46.1 Å². The largest absolute Gasteiger partial charge is 0.493 e. The summed E-state index contributed by atoms with van der Waals surface area (Å²) in [7, 11) is -3.35. The highest BCUT2D eigenvalue weighted by atomic mass is 32.2. The van der Waals surface area contributed by atoms with Crippen LogP contribution in [0.5, 0.6) is 5.75 Å². The van der Waals surface area contributed by atoms with Gasteiger partial charge in [0.15, 0.2) is 11.6 Å². The van der Waals surface area contributed by atoms with Crippen molar-refractivity contribution in [2.45, 2.75) is 89.0 Å². The van der Waals surface area contributed by atoms with Gasteiger partial charge < -0.3 is 25.3 Å². The van der Waals surface area contributed by atoms with Crippen LogP contribution < -0.4 is 20.7 Å². The molecule has 0 bridgehead atoms. The van der Waals surface area contributed by atoms with Crippen molar-refractivity contribution >= 4 is 72.9 Å². The number of sulfonamides is 1. The third-order valence-electron chi connectivity index (χ3n) is 13.1. The first-order valence-electron chi connectivity index (χ1n) is 21.7. The lowest BCUT2D eigenvalue weighted by Gasteiger charge is -2.33. The van der Waals surface area contributed by atoms with Gasteiger partial charge in [-0.1, -0.05) is 48.6 Å². The lowest BCUT2D eigenvalue weighted by Crippen LogP contribution is -2.42. The molecule has 2 saturated heterocycles. The predicted octanol–water partition coefficient (Wildman–Crippen LogP) is 6.20. The van der Waals surface area contributed by atoms with E-state index in [4.69, 9.17) is 22.7 Å². The van der Waals surface area contributed by atoms with Crippen LogP contribution in [0.25, 0.3) is 22.0 Å². The second-order valence-electron chi connectivity index (χ2n) is 17.2. The van der Waals surface area contributed by atoms with Crippen LogP contribution >= 0.6 is 12.2 Å². The van der Waals surface area contributed by atoms with Crippen LogP contribution in [0.1, 0.15) is 104 Å². The number of ketones is 4. The third kappa shape index (κ3) is 8.39. The zero-order valence-electron chi connectivity index (χ0n) is 35.1. The summed E-state index contributed by atoms with van der Waals surface area (Å²) in [5.41, 5.74) is 11.0. The molecule has 1 aromatic heterocycles. The van der Waals surface area contributed by atoms with Crippen molar-refractivity contribution in [3.05, 3.63) is 83.6 Å². The van der Waals surface area contributed by atoms with Crippen molar-refractivity contribution in [2.24, 2.45) is 17.6 Å². The van der Waals surface area contributed by atoms with Crippen LogP contribution in [0.15, 0.2) is 66.9 Å². The number of carbonyl (C=O) groups is 5. The average molecular weight is 880 g/mol. The quantitative estimate of drug-likeness (QED) is 0.0790. The van der Waals surface area contributed by atoms with Crippen LogP contribution in [0.2, 0.25) is 0 Å². The Bertz CT molecular complexity index is 2580. The molecule has 3 atom stereocenters. The molecule has 3 heterocycles. The number of thiocarbonyl (C=S) groups is 1. The van der Waals surface area contributed by atoms with E-state index in [1.54, 1.807) is 36.4 Å². The number of hydrogen-bond acceptors (Lipinski definition) is 10. The van der Waals surface area contributed by atoms with Gasteiger partial charge in [0.2, 0.25) is 15.9 Å². The number of carbonyl (C=O) groups excluding carboxylic acids is 5. The summed E-state index contributed by atoms with van der Waals surface area (Å²) in [5.74, 6) is -2.77. The van der Waals surface area contributed by atoms with Gasteiger partial charge in [-0.15, -0.1) is 0 Å². The minimum absolute atomic E-state index is 0.0133. The Kier molecular flexibility index (Phi) is 12.6. The molecule has 0 radical (unpaired) electrons. The minimum atomic E-state index is -3.35. The van der Waals surface area contributed by atoms with E-state index in [0.29, 0.717) is 69.2 Å². The number of fused-ring (bicyclic) bond motifs is 2. The molecule has 62 heavy (non-hydrogen) atoms. The molecular weight excluding hydrogens is 827 g/mol. The van der Waals surface area contributed by atoms with E-state index in [2.05, 4.69) is 28.2 Å². The summed E-state index contributed by atoms with van der Waals surface area (Å²) < 4.78 is 35.8. The number of piperidine rings is 1. The van der Waals surface area contributed by atoms with Gasteiger partial charge in [-0.3, -0.25) is 24.0 Å². The summed E-state index contributed by atoms with van der Waals surface area (Å²) in [6.07, 6.45) is 6.63. The van der Waals surface area contributed by atoms with Gasteiger partial charge in [-0.05, 0) is 95.2 Å². The Morgan fingerprint density at radius 1 is 0.887 bits per heavy atom. The van der Waals surface area contributed by atoms with Crippen molar-refractivity contribution in [3.63, 3.8) is 0 Å². The fourth-order valence-electron chi connectivity index (χ4n) is 9.60. The first-order chi connectivity index (χ1) is 29.7. The zero-order chi connectivity index (χ0) is 43.9. The molecule has 15 heteroatoms. The summed E-state index contributed by atoms with van der Waals surface area (Å²) in [4.78, 5) is 67.1. The molecular formula is C47H53N5O8S2. The molecule has 3 unspecified atom stereocenters. The second-order valence-corrected chi connectivity index (χ2v) is 20.2. The molecule has 3 N–H and O–H groups in total. The normalized spacial score (nSPS) is 21.4. The molecule has 4 aliphatic rings. The molecule has 8 rings (SSSR count). The Hall–Kier alpha value is -5.09. The lowest BCUT2D eigenvalue weighted by molar-refractivity contribution is -0.133. The van der Waals surface area contributed by atoms with Gasteiger partial charge in [0.1, 0.15) is 22.3 Å². The van der Waals surface area contributed by atoms with Crippen LogP contribution in [-0.2, 0) is 24.4 Å².